The number of carbonyl (C=O) groups is 2. The number of esters is 1. The molecule has 2 aromatic carbocycles. The van der Waals surface area contributed by atoms with Crippen molar-refractivity contribution in [3.8, 4) is 5.75 Å². The number of hydrogen-bond donors (Lipinski definition) is 1. The van der Waals surface area contributed by atoms with Crippen molar-refractivity contribution in [1.29, 1.82) is 0 Å². The van der Waals surface area contributed by atoms with Crippen LogP contribution in [0.15, 0.2) is 60.7 Å². The number of ether oxygens (including phenoxy) is 1. The molecule has 0 saturated heterocycles. The molecular weight excluding hydrogens is 387 g/mol. The van der Waals surface area contributed by atoms with Crippen molar-refractivity contribution in [2.24, 2.45) is 0 Å². The highest BCUT2D eigenvalue weighted by molar-refractivity contribution is 6.33. The van der Waals surface area contributed by atoms with Gasteiger partial charge in [-0.15, -0.1) is 0 Å². The van der Waals surface area contributed by atoms with E-state index >= 15 is 0 Å². The molecule has 0 atom stereocenters. The molecule has 136 valence electrons. The highest BCUT2D eigenvalue weighted by Crippen LogP contribution is 2.20. The third-order valence-electron chi connectivity index (χ3n) is 3.60. The van der Waals surface area contributed by atoms with Gasteiger partial charge in [-0.1, -0.05) is 40.9 Å². The number of carbonyl (C=O) groups excluding carboxylic acids is 2. The number of hydrogen-bond acceptors (Lipinski definition) is 4. The largest absolute Gasteiger partial charge is 0.423 e. The number of nitrogens with zero attached hydrogens (tertiary/aromatic N) is 1. The quantitative estimate of drug-likeness (QED) is 0.372. The molecular formula is C20H14Cl2N2O3. The first kappa shape index (κ1) is 18.9. The smallest absolute Gasteiger partial charge is 0.343 e. The lowest BCUT2D eigenvalue weighted by molar-refractivity contribution is 0.0734. The molecule has 1 N–H and O–H groups in total. The Morgan fingerprint density at radius 1 is 0.926 bits per heavy atom. The second kappa shape index (κ2) is 8.20. The predicted molar refractivity (Wildman–Crippen MR) is 105 cm³/mol. The van der Waals surface area contributed by atoms with Crippen molar-refractivity contribution >= 4 is 40.8 Å². The van der Waals surface area contributed by atoms with Crippen LogP contribution in [0, 0.1) is 6.92 Å². The molecule has 1 amide bonds. The van der Waals surface area contributed by atoms with E-state index in [-0.39, 0.29) is 21.8 Å². The molecule has 27 heavy (non-hydrogen) atoms. The minimum absolute atomic E-state index is 0.101. The van der Waals surface area contributed by atoms with E-state index < -0.39 is 5.97 Å². The Kier molecular flexibility index (Phi) is 5.74. The topological polar surface area (TPSA) is 68.3 Å². The zero-order valence-corrected chi connectivity index (χ0v) is 15.7. The molecule has 0 aliphatic rings. The zero-order valence-electron chi connectivity index (χ0n) is 14.2. The van der Waals surface area contributed by atoms with Crippen molar-refractivity contribution < 1.29 is 14.3 Å². The molecule has 3 rings (SSSR count). The number of nitrogens with one attached hydrogen (secondary N) is 1. The summed E-state index contributed by atoms with van der Waals surface area (Å²) in [6.45, 7) is 1.92. The summed E-state index contributed by atoms with van der Waals surface area (Å²) in [6, 6.07) is 16.5. The van der Waals surface area contributed by atoms with Crippen molar-refractivity contribution in [3.05, 3.63) is 87.7 Å². The average Bonchev–Trinajstić information content (AvgIpc) is 2.62. The van der Waals surface area contributed by atoms with Gasteiger partial charge in [-0.2, -0.15) is 0 Å². The van der Waals surface area contributed by atoms with Crippen LogP contribution in [0.5, 0.6) is 5.75 Å². The fourth-order valence-corrected chi connectivity index (χ4v) is 2.81. The minimum Gasteiger partial charge on any atom is -0.423 e. The van der Waals surface area contributed by atoms with Gasteiger partial charge in [0.15, 0.2) is 0 Å². The van der Waals surface area contributed by atoms with Crippen LogP contribution in [0.4, 0.5) is 5.69 Å². The van der Waals surface area contributed by atoms with E-state index in [1.807, 2.05) is 19.1 Å². The lowest BCUT2D eigenvalue weighted by Crippen LogP contribution is -2.12. The van der Waals surface area contributed by atoms with E-state index in [2.05, 4.69) is 10.3 Å². The molecule has 0 aliphatic heterocycles. The second-order valence-electron chi connectivity index (χ2n) is 5.74. The van der Waals surface area contributed by atoms with E-state index in [4.69, 9.17) is 27.9 Å². The van der Waals surface area contributed by atoms with E-state index in [9.17, 15) is 9.59 Å². The number of rotatable bonds is 4. The molecule has 0 aliphatic carbocycles. The van der Waals surface area contributed by atoms with Crippen LogP contribution in [-0.2, 0) is 0 Å². The van der Waals surface area contributed by atoms with Gasteiger partial charge in [0.25, 0.3) is 5.91 Å². The van der Waals surface area contributed by atoms with Crippen molar-refractivity contribution in [3.63, 3.8) is 0 Å². The molecule has 0 fully saturated rings. The highest BCUT2D eigenvalue weighted by atomic mass is 35.5. The SMILES string of the molecule is Cc1cccc(C(=O)Nc2ccc(OC(=O)c3cc(Cl)nc(Cl)c3)cc2)c1. The van der Waals surface area contributed by atoms with E-state index in [1.54, 1.807) is 36.4 Å². The molecule has 0 saturated carbocycles. The molecule has 0 unspecified atom stereocenters. The van der Waals surface area contributed by atoms with Crippen LogP contribution in [-0.4, -0.2) is 16.9 Å². The Labute approximate surface area is 165 Å². The molecule has 7 heteroatoms. The van der Waals surface area contributed by atoms with E-state index in [0.717, 1.165) is 5.56 Å². The first-order valence-electron chi connectivity index (χ1n) is 7.94. The van der Waals surface area contributed by atoms with Crippen LogP contribution >= 0.6 is 23.2 Å². The number of amides is 1. The van der Waals surface area contributed by atoms with Gasteiger partial charge in [-0.25, -0.2) is 9.78 Å². The fourth-order valence-electron chi connectivity index (χ4n) is 2.34. The predicted octanol–water partition coefficient (Wildman–Crippen LogP) is 5.17. The van der Waals surface area contributed by atoms with Gasteiger partial charge in [-0.3, -0.25) is 4.79 Å². The second-order valence-corrected chi connectivity index (χ2v) is 6.51. The summed E-state index contributed by atoms with van der Waals surface area (Å²) in [5.41, 5.74) is 2.34. The molecule has 5 nitrogen and oxygen atoms in total. The summed E-state index contributed by atoms with van der Waals surface area (Å²) in [6.07, 6.45) is 0. The molecule has 0 bridgehead atoms. The number of anilines is 1. The average molecular weight is 401 g/mol. The molecule has 0 spiro atoms. The van der Waals surface area contributed by atoms with Crippen molar-refractivity contribution in [2.45, 2.75) is 6.92 Å². The van der Waals surface area contributed by atoms with Crippen LogP contribution in [0.2, 0.25) is 10.3 Å². The van der Waals surface area contributed by atoms with Crippen molar-refractivity contribution in [2.75, 3.05) is 5.32 Å². The highest BCUT2D eigenvalue weighted by Gasteiger charge is 2.12. The van der Waals surface area contributed by atoms with Crippen LogP contribution in [0.3, 0.4) is 0 Å². The summed E-state index contributed by atoms with van der Waals surface area (Å²) in [5.74, 6) is -0.514. The number of aryl methyl sites for hydroxylation is 1. The Balaban J connectivity index is 1.66. The Morgan fingerprint density at radius 2 is 1.59 bits per heavy atom. The number of halogens is 2. The summed E-state index contributed by atoms with van der Waals surface area (Å²) in [5, 5.41) is 2.99. The monoisotopic (exact) mass is 400 g/mol. The maximum Gasteiger partial charge on any atom is 0.343 e. The third kappa shape index (κ3) is 5.06. The molecule has 3 aromatic rings. The first-order chi connectivity index (χ1) is 12.9. The summed E-state index contributed by atoms with van der Waals surface area (Å²) < 4.78 is 5.27. The number of aromatic nitrogens is 1. The van der Waals surface area contributed by atoms with Gasteiger partial charge in [0.1, 0.15) is 16.1 Å². The van der Waals surface area contributed by atoms with Gasteiger partial charge in [0, 0.05) is 11.3 Å². The number of benzene rings is 2. The Morgan fingerprint density at radius 3 is 2.22 bits per heavy atom. The van der Waals surface area contributed by atoms with Crippen LogP contribution in [0.1, 0.15) is 26.3 Å². The standard InChI is InChI=1S/C20H14Cl2N2O3/c1-12-3-2-4-13(9-12)19(25)23-15-5-7-16(8-6-15)27-20(26)14-10-17(21)24-18(22)11-14/h2-11H,1H3,(H,23,25). The lowest BCUT2D eigenvalue weighted by atomic mass is 10.1. The van der Waals surface area contributed by atoms with Crippen LogP contribution in [0.25, 0.3) is 0 Å². The third-order valence-corrected chi connectivity index (χ3v) is 3.99. The molecule has 0 radical (unpaired) electrons. The van der Waals surface area contributed by atoms with Crippen LogP contribution < -0.4 is 10.1 Å². The van der Waals surface area contributed by atoms with Gasteiger partial charge in [0.2, 0.25) is 0 Å². The lowest BCUT2D eigenvalue weighted by Gasteiger charge is -2.08. The van der Waals surface area contributed by atoms with E-state index in [0.29, 0.717) is 17.0 Å². The normalized spacial score (nSPS) is 10.3. The van der Waals surface area contributed by atoms with Gasteiger partial charge >= 0.3 is 5.97 Å². The minimum atomic E-state index is -0.613. The summed E-state index contributed by atoms with van der Waals surface area (Å²) >= 11 is 11.6. The molecule has 1 aromatic heterocycles. The van der Waals surface area contributed by atoms with Gasteiger partial charge in [-0.05, 0) is 55.5 Å². The zero-order chi connectivity index (χ0) is 19.4. The molecule has 1 heterocycles. The van der Waals surface area contributed by atoms with E-state index in [1.165, 1.54) is 12.1 Å². The van der Waals surface area contributed by atoms with Gasteiger partial charge in [0.05, 0.1) is 5.56 Å². The summed E-state index contributed by atoms with van der Waals surface area (Å²) in [4.78, 5) is 28.2. The van der Waals surface area contributed by atoms with Crippen molar-refractivity contribution in [1.82, 2.24) is 4.98 Å². The first-order valence-corrected chi connectivity index (χ1v) is 8.70. The Bertz CT molecular complexity index is 984. The summed E-state index contributed by atoms with van der Waals surface area (Å²) in [7, 11) is 0. The maximum absolute atomic E-state index is 12.3. The van der Waals surface area contributed by atoms with Gasteiger partial charge < -0.3 is 10.1 Å². The number of pyridine rings is 1. The Hall–Kier alpha value is -2.89. The maximum atomic E-state index is 12.3. The fraction of sp³-hybridized carbons (Fsp3) is 0.0500.